The zero-order valence-corrected chi connectivity index (χ0v) is 13.6. The highest BCUT2D eigenvalue weighted by Crippen LogP contribution is 2.22. The lowest BCUT2D eigenvalue weighted by Gasteiger charge is -2.19. The summed E-state index contributed by atoms with van der Waals surface area (Å²) in [5, 5.41) is 5.48. The van der Waals surface area contributed by atoms with Gasteiger partial charge >= 0.3 is 0 Å². The van der Waals surface area contributed by atoms with Gasteiger partial charge in [-0.05, 0) is 36.5 Å². The van der Waals surface area contributed by atoms with Crippen LogP contribution in [0.4, 0.5) is 0 Å². The Morgan fingerprint density at radius 2 is 1.71 bits per heavy atom. The summed E-state index contributed by atoms with van der Waals surface area (Å²) in [6.07, 6.45) is 0.876. The van der Waals surface area contributed by atoms with E-state index in [4.69, 9.17) is 0 Å². The van der Waals surface area contributed by atoms with Crippen molar-refractivity contribution in [1.82, 2.24) is 10.6 Å². The van der Waals surface area contributed by atoms with Crippen molar-refractivity contribution in [2.45, 2.75) is 52.5 Å². The summed E-state index contributed by atoms with van der Waals surface area (Å²) in [5.41, 5.74) is 1.80. The molecule has 1 atom stereocenters. The lowest BCUT2D eigenvalue weighted by molar-refractivity contribution is -0.122. The zero-order valence-electron chi connectivity index (χ0n) is 13.6. The van der Waals surface area contributed by atoms with E-state index in [-0.39, 0.29) is 17.2 Å². The number of rotatable bonds is 5. The first-order chi connectivity index (χ1) is 9.75. The largest absolute Gasteiger partial charge is 0.354 e. The summed E-state index contributed by atoms with van der Waals surface area (Å²) in [6.45, 7) is 10.7. The van der Waals surface area contributed by atoms with E-state index >= 15 is 0 Å². The smallest absolute Gasteiger partial charge is 0.251 e. The van der Waals surface area contributed by atoms with E-state index < -0.39 is 6.04 Å². The highest BCUT2D eigenvalue weighted by Gasteiger charge is 2.17. The Morgan fingerprint density at radius 3 is 2.19 bits per heavy atom. The molecule has 0 radical (unpaired) electrons. The fraction of sp³-hybridized carbons (Fsp3) is 0.529. The van der Waals surface area contributed by atoms with Crippen LogP contribution in [0.15, 0.2) is 24.3 Å². The molecule has 1 rings (SSSR count). The van der Waals surface area contributed by atoms with Crippen LogP contribution in [0, 0.1) is 0 Å². The van der Waals surface area contributed by atoms with E-state index in [0.29, 0.717) is 12.1 Å². The molecule has 0 spiro atoms. The first-order valence-corrected chi connectivity index (χ1v) is 7.44. The van der Waals surface area contributed by atoms with Crippen LogP contribution in [0.1, 0.15) is 57.0 Å². The Balaban J connectivity index is 2.65. The maximum atomic E-state index is 12.1. The minimum Gasteiger partial charge on any atom is -0.354 e. The summed E-state index contributed by atoms with van der Waals surface area (Å²) in [5.74, 6) is -0.383. The molecule has 4 nitrogen and oxygen atoms in total. The predicted molar refractivity (Wildman–Crippen MR) is 85.4 cm³/mol. The lowest BCUT2D eigenvalue weighted by Crippen LogP contribution is -2.45. The molecule has 1 unspecified atom stereocenters. The molecular formula is C17H26N2O2. The zero-order chi connectivity index (χ0) is 16.0. The predicted octanol–water partition coefficient (Wildman–Crippen LogP) is 2.63. The third-order valence-electron chi connectivity index (χ3n) is 3.30. The minimum absolute atomic E-state index is 0.0579. The molecule has 0 fully saturated rings. The van der Waals surface area contributed by atoms with Gasteiger partial charge in [0.2, 0.25) is 5.91 Å². The Labute approximate surface area is 127 Å². The van der Waals surface area contributed by atoms with Crippen molar-refractivity contribution in [1.29, 1.82) is 0 Å². The molecule has 2 amide bonds. The van der Waals surface area contributed by atoms with Gasteiger partial charge in [-0.1, -0.05) is 39.8 Å². The van der Waals surface area contributed by atoms with Crippen molar-refractivity contribution >= 4 is 11.8 Å². The Kier molecular flexibility index (Phi) is 5.94. The maximum absolute atomic E-state index is 12.1. The van der Waals surface area contributed by atoms with Gasteiger partial charge in [0.25, 0.3) is 5.91 Å². The summed E-state index contributed by atoms with van der Waals surface area (Å²) < 4.78 is 0. The Hall–Kier alpha value is -1.84. The van der Waals surface area contributed by atoms with Crippen LogP contribution in [-0.4, -0.2) is 24.4 Å². The Bertz CT molecular complexity index is 487. The first-order valence-electron chi connectivity index (χ1n) is 7.44. The molecule has 4 heteroatoms. The lowest BCUT2D eigenvalue weighted by atomic mass is 9.86. The van der Waals surface area contributed by atoms with Gasteiger partial charge in [-0.3, -0.25) is 9.59 Å². The Morgan fingerprint density at radius 1 is 1.14 bits per heavy atom. The topological polar surface area (TPSA) is 58.2 Å². The molecule has 0 aromatic heterocycles. The molecule has 0 saturated heterocycles. The molecule has 0 bridgehead atoms. The van der Waals surface area contributed by atoms with Crippen LogP contribution < -0.4 is 10.6 Å². The van der Waals surface area contributed by atoms with Crippen LogP contribution in [0.5, 0.6) is 0 Å². The van der Waals surface area contributed by atoms with Gasteiger partial charge in [0.1, 0.15) is 6.04 Å². The van der Waals surface area contributed by atoms with Crippen LogP contribution in [0.25, 0.3) is 0 Å². The van der Waals surface area contributed by atoms with E-state index in [1.807, 2.05) is 19.1 Å². The molecule has 21 heavy (non-hydrogen) atoms. The average Bonchev–Trinajstić information content (AvgIpc) is 2.43. The molecule has 0 aliphatic heterocycles. The van der Waals surface area contributed by atoms with Crippen molar-refractivity contribution in [3.8, 4) is 0 Å². The van der Waals surface area contributed by atoms with E-state index in [9.17, 15) is 9.59 Å². The molecule has 1 aromatic rings. The second-order valence-electron chi connectivity index (χ2n) is 6.31. The van der Waals surface area contributed by atoms with Crippen LogP contribution in [0.3, 0.4) is 0 Å². The fourth-order valence-electron chi connectivity index (χ4n) is 1.87. The summed E-state index contributed by atoms with van der Waals surface area (Å²) >= 11 is 0. The summed E-state index contributed by atoms with van der Waals surface area (Å²) in [7, 11) is 0. The van der Waals surface area contributed by atoms with Gasteiger partial charge in [0.15, 0.2) is 0 Å². The SMILES string of the molecule is CCCNC(=O)C(C)NC(=O)c1ccc(C(C)(C)C)cc1. The number of hydrogen-bond donors (Lipinski definition) is 2. The molecule has 0 aliphatic rings. The van der Waals surface area contributed by atoms with Gasteiger partial charge in [-0.25, -0.2) is 0 Å². The molecule has 0 saturated carbocycles. The van der Waals surface area contributed by atoms with Crippen molar-refractivity contribution in [3.63, 3.8) is 0 Å². The van der Waals surface area contributed by atoms with E-state index in [1.165, 1.54) is 5.56 Å². The van der Waals surface area contributed by atoms with Gasteiger partial charge in [-0.15, -0.1) is 0 Å². The number of carbonyl (C=O) groups is 2. The van der Waals surface area contributed by atoms with Crippen molar-refractivity contribution < 1.29 is 9.59 Å². The van der Waals surface area contributed by atoms with Crippen molar-refractivity contribution in [2.75, 3.05) is 6.54 Å². The van der Waals surface area contributed by atoms with Crippen molar-refractivity contribution in [2.24, 2.45) is 0 Å². The van der Waals surface area contributed by atoms with Gasteiger partial charge < -0.3 is 10.6 Å². The van der Waals surface area contributed by atoms with E-state index in [0.717, 1.165) is 6.42 Å². The average molecular weight is 290 g/mol. The third-order valence-corrected chi connectivity index (χ3v) is 3.30. The molecule has 116 valence electrons. The highest BCUT2D eigenvalue weighted by atomic mass is 16.2. The standard InChI is InChI=1S/C17H26N2O2/c1-6-11-18-15(20)12(2)19-16(21)13-7-9-14(10-8-13)17(3,4)5/h7-10,12H,6,11H2,1-5H3,(H,18,20)(H,19,21). The van der Waals surface area contributed by atoms with E-state index in [1.54, 1.807) is 19.1 Å². The van der Waals surface area contributed by atoms with Crippen molar-refractivity contribution in [3.05, 3.63) is 35.4 Å². The third kappa shape index (κ3) is 5.21. The van der Waals surface area contributed by atoms with E-state index in [2.05, 4.69) is 31.4 Å². The highest BCUT2D eigenvalue weighted by molar-refractivity contribution is 5.97. The minimum atomic E-state index is -0.536. The number of amides is 2. The maximum Gasteiger partial charge on any atom is 0.251 e. The second kappa shape index (κ2) is 7.25. The fourth-order valence-corrected chi connectivity index (χ4v) is 1.87. The monoisotopic (exact) mass is 290 g/mol. The van der Waals surface area contributed by atoms with Gasteiger partial charge in [0.05, 0.1) is 0 Å². The molecule has 2 N–H and O–H groups in total. The number of benzene rings is 1. The number of hydrogen-bond acceptors (Lipinski definition) is 2. The molecule has 1 aromatic carbocycles. The van der Waals surface area contributed by atoms with Crippen LogP contribution >= 0.6 is 0 Å². The molecular weight excluding hydrogens is 264 g/mol. The van der Waals surface area contributed by atoms with Crippen LogP contribution in [0.2, 0.25) is 0 Å². The van der Waals surface area contributed by atoms with Gasteiger partial charge in [-0.2, -0.15) is 0 Å². The normalized spacial score (nSPS) is 12.6. The molecule has 0 aliphatic carbocycles. The number of carbonyl (C=O) groups excluding carboxylic acids is 2. The number of nitrogens with one attached hydrogen (secondary N) is 2. The summed E-state index contributed by atoms with van der Waals surface area (Å²) in [6, 6.07) is 6.97. The second-order valence-corrected chi connectivity index (χ2v) is 6.31. The van der Waals surface area contributed by atoms with Crippen LogP contribution in [-0.2, 0) is 10.2 Å². The summed E-state index contributed by atoms with van der Waals surface area (Å²) in [4.78, 5) is 23.8. The van der Waals surface area contributed by atoms with Gasteiger partial charge in [0, 0.05) is 12.1 Å². The first kappa shape index (κ1) is 17.2. The molecule has 0 heterocycles. The quantitative estimate of drug-likeness (QED) is 0.876.